The zero-order chi connectivity index (χ0) is 9.56. The van der Waals surface area contributed by atoms with Crippen molar-refractivity contribution in [2.24, 2.45) is 0 Å². The molecule has 1 atom stereocenters. The molecule has 0 aliphatic carbocycles. The number of aliphatic hydroxyl groups is 1. The van der Waals surface area contributed by atoms with Crippen LogP contribution in [0.2, 0.25) is 0 Å². The minimum atomic E-state index is -0.520. The lowest BCUT2D eigenvalue weighted by Crippen LogP contribution is -1.96. The van der Waals surface area contributed by atoms with Gasteiger partial charge in [-0.25, -0.2) is 0 Å². The Balaban J connectivity index is 0.000000561. The van der Waals surface area contributed by atoms with Gasteiger partial charge < -0.3 is 5.11 Å². The molecule has 0 amide bonds. The first kappa shape index (κ1) is 11.0. The fourth-order valence-corrected chi connectivity index (χ4v) is 0.618. The highest BCUT2D eigenvalue weighted by molar-refractivity contribution is 5.02. The first-order chi connectivity index (χ1) is 5.70. The Labute approximate surface area is 73.5 Å². The molecule has 0 fully saturated rings. The largest absolute Gasteiger partial charge is 0.387 e. The Hall–Kier alpha value is -0.960. The first-order valence-corrected chi connectivity index (χ1v) is 4.17. The van der Waals surface area contributed by atoms with Crippen LogP contribution in [0, 0.1) is 6.92 Å². The molecule has 3 nitrogen and oxygen atoms in total. The van der Waals surface area contributed by atoms with Gasteiger partial charge in [0.25, 0.3) is 0 Å². The molecule has 0 saturated carbocycles. The van der Waals surface area contributed by atoms with E-state index < -0.39 is 6.10 Å². The van der Waals surface area contributed by atoms with Gasteiger partial charge in [0.05, 0.1) is 23.7 Å². The number of aromatic nitrogens is 2. The van der Waals surface area contributed by atoms with E-state index in [2.05, 4.69) is 9.97 Å². The molecule has 0 bridgehead atoms. The average molecular weight is 168 g/mol. The Morgan fingerprint density at radius 2 is 1.83 bits per heavy atom. The summed E-state index contributed by atoms with van der Waals surface area (Å²) < 4.78 is 0. The maximum absolute atomic E-state index is 9.01. The van der Waals surface area contributed by atoms with Crippen LogP contribution >= 0.6 is 0 Å². The third-order valence-electron chi connectivity index (χ3n) is 1.23. The van der Waals surface area contributed by atoms with Crippen molar-refractivity contribution in [2.75, 3.05) is 0 Å². The molecule has 1 unspecified atom stereocenters. The standard InChI is InChI=1S/C7H10N2O.C2H6/c1-5-3-9-7(4-8-5)6(2)10;1-2/h3-4,6,10H,1-2H3;1-2H3. The van der Waals surface area contributed by atoms with Crippen molar-refractivity contribution >= 4 is 0 Å². The van der Waals surface area contributed by atoms with Crippen molar-refractivity contribution in [3.05, 3.63) is 23.8 Å². The quantitative estimate of drug-likeness (QED) is 0.696. The molecule has 3 heteroatoms. The summed E-state index contributed by atoms with van der Waals surface area (Å²) in [6.45, 7) is 7.53. The second-order valence-corrected chi connectivity index (χ2v) is 2.26. The molecule has 0 saturated heterocycles. The number of rotatable bonds is 1. The molecular weight excluding hydrogens is 152 g/mol. The fraction of sp³-hybridized carbons (Fsp3) is 0.556. The highest BCUT2D eigenvalue weighted by Gasteiger charge is 2.00. The Bertz CT molecular complexity index is 206. The number of hydrogen-bond acceptors (Lipinski definition) is 3. The molecule has 1 rings (SSSR count). The van der Waals surface area contributed by atoms with Gasteiger partial charge in [-0.15, -0.1) is 0 Å². The van der Waals surface area contributed by atoms with Crippen LogP contribution < -0.4 is 0 Å². The van der Waals surface area contributed by atoms with E-state index in [0.717, 1.165) is 5.69 Å². The van der Waals surface area contributed by atoms with E-state index in [1.165, 1.54) is 0 Å². The predicted molar refractivity (Wildman–Crippen MR) is 48.8 cm³/mol. The lowest BCUT2D eigenvalue weighted by Gasteiger charge is -2.00. The van der Waals surface area contributed by atoms with Crippen LogP contribution in [0.15, 0.2) is 12.4 Å². The average Bonchev–Trinajstić information content (AvgIpc) is 2.09. The van der Waals surface area contributed by atoms with E-state index in [1.807, 2.05) is 20.8 Å². The maximum Gasteiger partial charge on any atom is 0.0947 e. The minimum Gasteiger partial charge on any atom is -0.387 e. The number of hydrogen-bond donors (Lipinski definition) is 1. The molecule has 68 valence electrons. The van der Waals surface area contributed by atoms with Crippen LogP contribution in [0.1, 0.15) is 38.3 Å². The van der Waals surface area contributed by atoms with Gasteiger partial charge in [0.15, 0.2) is 0 Å². The summed E-state index contributed by atoms with van der Waals surface area (Å²) in [5.74, 6) is 0. The van der Waals surface area contributed by atoms with Crippen molar-refractivity contribution in [1.29, 1.82) is 0 Å². The van der Waals surface area contributed by atoms with Crippen LogP contribution in [0.25, 0.3) is 0 Å². The van der Waals surface area contributed by atoms with E-state index in [0.29, 0.717) is 5.69 Å². The lowest BCUT2D eigenvalue weighted by atomic mass is 10.3. The molecule has 0 aliphatic rings. The maximum atomic E-state index is 9.01. The number of aryl methyl sites for hydroxylation is 1. The third kappa shape index (κ3) is 3.44. The predicted octanol–water partition coefficient (Wildman–Crippen LogP) is 1.86. The summed E-state index contributed by atoms with van der Waals surface area (Å²) in [6, 6.07) is 0. The van der Waals surface area contributed by atoms with Gasteiger partial charge in [-0.1, -0.05) is 13.8 Å². The van der Waals surface area contributed by atoms with E-state index in [-0.39, 0.29) is 0 Å². The van der Waals surface area contributed by atoms with Crippen LogP contribution in [-0.4, -0.2) is 15.1 Å². The topological polar surface area (TPSA) is 46.0 Å². The van der Waals surface area contributed by atoms with Gasteiger partial charge in [0.1, 0.15) is 0 Å². The number of nitrogens with zero attached hydrogens (tertiary/aromatic N) is 2. The highest BCUT2D eigenvalue weighted by atomic mass is 16.3. The van der Waals surface area contributed by atoms with Crippen LogP contribution in [-0.2, 0) is 0 Å². The molecule has 0 aliphatic heterocycles. The fourth-order valence-electron chi connectivity index (χ4n) is 0.618. The van der Waals surface area contributed by atoms with Crippen molar-refractivity contribution in [2.45, 2.75) is 33.8 Å². The van der Waals surface area contributed by atoms with Crippen molar-refractivity contribution in [3.63, 3.8) is 0 Å². The molecule has 1 heterocycles. The van der Waals surface area contributed by atoms with Crippen LogP contribution in [0.4, 0.5) is 0 Å². The SMILES string of the molecule is CC.Cc1cnc(C(C)O)cn1. The third-order valence-corrected chi connectivity index (χ3v) is 1.23. The zero-order valence-electron chi connectivity index (χ0n) is 8.07. The Kier molecular flexibility index (Phi) is 5.21. The molecule has 1 aromatic heterocycles. The molecular formula is C9H16N2O. The number of aliphatic hydroxyl groups excluding tert-OH is 1. The van der Waals surface area contributed by atoms with Gasteiger partial charge in [0.2, 0.25) is 0 Å². The molecule has 1 N–H and O–H groups in total. The van der Waals surface area contributed by atoms with Crippen molar-refractivity contribution in [3.8, 4) is 0 Å². The first-order valence-electron chi connectivity index (χ1n) is 4.17. The Morgan fingerprint density at radius 3 is 2.17 bits per heavy atom. The van der Waals surface area contributed by atoms with Gasteiger partial charge >= 0.3 is 0 Å². The lowest BCUT2D eigenvalue weighted by molar-refractivity contribution is 0.194. The van der Waals surface area contributed by atoms with Crippen molar-refractivity contribution in [1.82, 2.24) is 9.97 Å². The highest BCUT2D eigenvalue weighted by Crippen LogP contribution is 2.05. The molecule has 1 aromatic rings. The molecule has 0 aromatic carbocycles. The van der Waals surface area contributed by atoms with E-state index >= 15 is 0 Å². The van der Waals surface area contributed by atoms with Gasteiger partial charge in [-0.3, -0.25) is 9.97 Å². The normalized spacial score (nSPS) is 11.4. The van der Waals surface area contributed by atoms with Gasteiger partial charge in [-0.2, -0.15) is 0 Å². The van der Waals surface area contributed by atoms with Gasteiger partial charge in [0, 0.05) is 6.20 Å². The summed E-state index contributed by atoms with van der Waals surface area (Å²) in [6.07, 6.45) is 2.70. The van der Waals surface area contributed by atoms with E-state index in [4.69, 9.17) is 5.11 Å². The summed E-state index contributed by atoms with van der Waals surface area (Å²) >= 11 is 0. The van der Waals surface area contributed by atoms with Gasteiger partial charge in [-0.05, 0) is 13.8 Å². The monoisotopic (exact) mass is 168 g/mol. The smallest absolute Gasteiger partial charge is 0.0947 e. The second-order valence-electron chi connectivity index (χ2n) is 2.26. The summed E-state index contributed by atoms with van der Waals surface area (Å²) in [5.41, 5.74) is 1.48. The second kappa shape index (κ2) is 5.66. The van der Waals surface area contributed by atoms with Crippen molar-refractivity contribution < 1.29 is 5.11 Å². The van der Waals surface area contributed by atoms with Crippen LogP contribution in [0.3, 0.4) is 0 Å². The van der Waals surface area contributed by atoms with E-state index in [1.54, 1.807) is 19.3 Å². The molecule has 0 radical (unpaired) electrons. The summed E-state index contributed by atoms with van der Waals surface area (Å²) in [5, 5.41) is 9.01. The summed E-state index contributed by atoms with van der Waals surface area (Å²) in [4.78, 5) is 7.94. The van der Waals surface area contributed by atoms with Crippen LogP contribution in [0.5, 0.6) is 0 Å². The Morgan fingerprint density at radius 1 is 1.25 bits per heavy atom. The molecule has 12 heavy (non-hydrogen) atoms. The summed E-state index contributed by atoms with van der Waals surface area (Å²) in [7, 11) is 0. The van der Waals surface area contributed by atoms with E-state index in [9.17, 15) is 0 Å². The molecule has 0 spiro atoms. The zero-order valence-corrected chi connectivity index (χ0v) is 8.07. The minimum absolute atomic E-state index is 0.520.